The maximum Gasteiger partial charge on any atom is 0.331 e. The monoisotopic (exact) mass is 283 g/mol. The van der Waals surface area contributed by atoms with Crippen LogP contribution in [-0.4, -0.2) is 9.13 Å². The molecule has 1 aromatic carbocycles. The van der Waals surface area contributed by atoms with Crippen LogP contribution in [0, 0.1) is 5.82 Å². The van der Waals surface area contributed by atoms with Crippen molar-refractivity contribution in [1.29, 1.82) is 0 Å². The quantitative estimate of drug-likeness (QED) is 0.893. The summed E-state index contributed by atoms with van der Waals surface area (Å²) in [6.45, 7) is -0.195. The highest BCUT2D eigenvalue weighted by Crippen LogP contribution is 2.14. The van der Waals surface area contributed by atoms with Crippen molar-refractivity contribution in [3.8, 4) is 0 Å². The van der Waals surface area contributed by atoms with Crippen LogP contribution in [0.4, 0.5) is 10.1 Å². The Balaban J connectivity index is 2.56. The molecule has 100 valence electrons. The molecule has 0 saturated heterocycles. The van der Waals surface area contributed by atoms with Gasteiger partial charge in [0.25, 0.3) is 5.56 Å². The van der Waals surface area contributed by atoms with Crippen molar-refractivity contribution in [2.24, 2.45) is 7.05 Å². The van der Waals surface area contributed by atoms with E-state index in [1.54, 1.807) is 0 Å². The number of hydrogen-bond acceptors (Lipinski definition) is 3. The van der Waals surface area contributed by atoms with E-state index in [0.717, 1.165) is 10.6 Å². The topological polar surface area (TPSA) is 70.0 Å². The van der Waals surface area contributed by atoms with Gasteiger partial charge in [0.05, 0.1) is 6.54 Å². The van der Waals surface area contributed by atoms with Crippen LogP contribution in [0.2, 0.25) is 5.02 Å². The lowest BCUT2D eigenvalue weighted by Gasteiger charge is -2.09. The number of aromatic nitrogens is 2. The smallest absolute Gasteiger partial charge is 0.331 e. The largest absolute Gasteiger partial charge is 0.393 e. The molecular formula is C12H11ClFN3O2. The Morgan fingerprint density at radius 3 is 2.68 bits per heavy atom. The number of benzene rings is 1. The summed E-state index contributed by atoms with van der Waals surface area (Å²) >= 11 is 5.64. The summed E-state index contributed by atoms with van der Waals surface area (Å²) in [7, 11) is 1.47. The minimum Gasteiger partial charge on any atom is -0.393 e. The van der Waals surface area contributed by atoms with Crippen LogP contribution < -0.4 is 17.0 Å². The Hall–Kier alpha value is -2.08. The van der Waals surface area contributed by atoms with Crippen molar-refractivity contribution in [3.63, 3.8) is 0 Å². The number of anilines is 1. The molecule has 0 aliphatic heterocycles. The van der Waals surface area contributed by atoms with Crippen molar-refractivity contribution in [2.45, 2.75) is 6.54 Å². The van der Waals surface area contributed by atoms with Crippen molar-refractivity contribution in [1.82, 2.24) is 9.13 Å². The van der Waals surface area contributed by atoms with E-state index < -0.39 is 17.1 Å². The molecule has 0 unspecified atom stereocenters. The van der Waals surface area contributed by atoms with Gasteiger partial charge >= 0.3 is 5.69 Å². The van der Waals surface area contributed by atoms with Crippen molar-refractivity contribution in [3.05, 3.63) is 61.6 Å². The second-order valence-electron chi connectivity index (χ2n) is 4.10. The lowest BCUT2D eigenvalue weighted by molar-refractivity contribution is 0.579. The molecule has 2 N–H and O–H groups in total. The van der Waals surface area contributed by atoms with E-state index in [4.69, 9.17) is 17.3 Å². The van der Waals surface area contributed by atoms with Crippen LogP contribution in [0.1, 0.15) is 5.56 Å². The Kier molecular flexibility index (Phi) is 3.44. The molecule has 0 fully saturated rings. The molecule has 0 amide bonds. The van der Waals surface area contributed by atoms with Gasteiger partial charge in [0.15, 0.2) is 0 Å². The number of nitrogens with zero attached hydrogens (tertiary/aromatic N) is 2. The first-order valence-corrected chi connectivity index (χ1v) is 5.78. The second-order valence-corrected chi connectivity index (χ2v) is 4.54. The maximum atomic E-state index is 13.7. The molecule has 1 aromatic heterocycles. The minimum atomic E-state index is -0.641. The van der Waals surface area contributed by atoms with E-state index in [9.17, 15) is 14.0 Å². The standard InChI is InChI=1S/C12H11ClFN3O2/c1-16-6-10(15)11(18)17(12(16)19)5-7-2-3-8(13)4-9(7)14/h2-4,6H,5,15H2,1H3. The number of hydrogen-bond donors (Lipinski definition) is 1. The molecule has 0 bridgehead atoms. The van der Waals surface area contributed by atoms with E-state index in [-0.39, 0.29) is 22.8 Å². The predicted octanol–water partition coefficient (Wildman–Crippen LogP) is 0.970. The van der Waals surface area contributed by atoms with Gasteiger partial charge in [0.1, 0.15) is 11.5 Å². The van der Waals surface area contributed by atoms with Gasteiger partial charge in [-0.3, -0.25) is 9.36 Å². The Bertz CT molecular complexity index is 717. The van der Waals surface area contributed by atoms with Gasteiger partial charge in [-0.1, -0.05) is 17.7 Å². The average Bonchev–Trinajstić information content (AvgIpc) is 2.34. The maximum absolute atomic E-state index is 13.7. The van der Waals surface area contributed by atoms with E-state index in [1.807, 2.05) is 0 Å². The fourth-order valence-corrected chi connectivity index (χ4v) is 1.87. The number of halogens is 2. The summed E-state index contributed by atoms with van der Waals surface area (Å²) in [4.78, 5) is 23.6. The van der Waals surface area contributed by atoms with Gasteiger partial charge in [-0.25, -0.2) is 9.18 Å². The molecule has 7 heteroatoms. The van der Waals surface area contributed by atoms with Crippen LogP contribution in [0.15, 0.2) is 34.0 Å². The predicted molar refractivity (Wildman–Crippen MR) is 70.9 cm³/mol. The van der Waals surface area contributed by atoms with Gasteiger partial charge in [-0.15, -0.1) is 0 Å². The summed E-state index contributed by atoms with van der Waals surface area (Å²) in [6, 6.07) is 4.03. The first-order chi connectivity index (χ1) is 8.90. The second kappa shape index (κ2) is 4.89. The Labute approximate surface area is 112 Å². The zero-order chi connectivity index (χ0) is 14.2. The fourth-order valence-electron chi connectivity index (χ4n) is 1.71. The molecule has 2 aromatic rings. The van der Waals surface area contributed by atoms with Crippen LogP contribution in [0.3, 0.4) is 0 Å². The molecule has 0 saturated carbocycles. The third-order valence-electron chi connectivity index (χ3n) is 2.70. The summed E-state index contributed by atoms with van der Waals surface area (Å²) in [5.74, 6) is -0.580. The minimum absolute atomic E-state index is 0.0727. The van der Waals surface area contributed by atoms with Gasteiger partial charge in [0.2, 0.25) is 0 Å². The first kappa shape index (κ1) is 13.4. The number of nitrogen functional groups attached to an aromatic ring is 1. The van der Waals surface area contributed by atoms with Gasteiger partial charge < -0.3 is 10.3 Å². The van der Waals surface area contributed by atoms with E-state index in [1.165, 1.54) is 29.9 Å². The normalized spacial score (nSPS) is 10.7. The number of aryl methyl sites for hydroxylation is 1. The molecule has 19 heavy (non-hydrogen) atoms. The van der Waals surface area contributed by atoms with Crippen molar-refractivity contribution in [2.75, 3.05) is 5.73 Å². The number of nitrogens with two attached hydrogens (primary N) is 1. The molecule has 0 atom stereocenters. The Morgan fingerprint density at radius 2 is 2.05 bits per heavy atom. The summed E-state index contributed by atoms with van der Waals surface area (Å²) in [6.07, 6.45) is 1.24. The van der Waals surface area contributed by atoms with Gasteiger partial charge in [-0.05, 0) is 12.1 Å². The van der Waals surface area contributed by atoms with Crippen molar-refractivity contribution < 1.29 is 4.39 Å². The van der Waals surface area contributed by atoms with E-state index in [0.29, 0.717) is 0 Å². The lowest BCUT2D eigenvalue weighted by Crippen LogP contribution is -2.40. The summed E-state index contributed by atoms with van der Waals surface area (Å²) in [5.41, 5.74) is 4.41. The fraction of sp³-hybridized carbons (Fsp3) is 0.167. The third kappa shape index (κ3) is 2.53. The highest BCUT2D eigenvalue weighted by Gasteiger charge is 2.10. The van der Waals surface area contributed by atoms with E-state index >= 15 is 0 Å². The van der Waals surface area contributed by atoms with Crippen LogP contribution in [-0.2, 0) is 13.6 Å². The number of rotatable bonds is 2. The molecule has 0 radical (unpaired) electrons. The highest BCUT2D eigenvalue weighted by molar-refractivity contribution is 6.30. The SMILES string of the molecule is Cn1cc(N)c(=O)n(Cc2ccc(Cl)cc2F)c1=O. The zero-order valence-electron chi connectivity index (χ0n) is 10.1. The van der Waals surface area contributed by atoms with Crippen molar-refractivity contribution >= 4 is 17.3 Å². The molecule has 0 spiro atoms. The molecule has 0 aliphatic carbocycles. The van der Waals surface area contributed by atoms with Crippen LogP contribution in [0.25, 0.3) is 0 Å². The molecule has 1 heterocycles. The molecular weight excluding hydrogens is 273 g/mol. The summed E-state index contributed by atoms with van der Waals surface area (Å²) in [5, 5.41) is 0.245. The van der Waals surface area contributed by atoms with Crippen LogP contribution in [0.5, 0.6) is 0 Å². The van der Waals surface area contributed by atoms with Gasteiger partial charge in [-0.2, -0.15) is 0 Å². The molecule has 5 nitrogen and oxygen atoms in total. The van der Waals surface area contributed by atoms with Gasteiger partial charge in [0, 0.05) is 23.8 Å². The first-order valence-electron chi connectivity index (χ1n) is 5.40. The average molecular weight is 284 g/mol. The molecule has 0 aliphatic rings. The molecule has 2 rings (SSSR count). The van der Waals surface area contributed by atoms with E-state index in [2.05, 4.69) is 0 Å². The summed E-state index contributed by atoms with van der Waals surface area (Å²) < 4.78 is 15.7. The third-order valence-corrected chi connectivity index (χ3v) is 2.94. The highest BCUT2D eigenvalue weighted by atomic mass is 35.5. The van der Waals surface area contributed by atoms with Crippen LogP contribution >= 0.6 is 11.6 Å². The Morgan fingerprint density at radius 1 is 1.37 bits per heavy atom. The zero-order valence-corrected chi connectivity index (χ0v) is 10.8. The lowest BCUT2D eigenvalue weighted by atomic mass is 10.2.